The van der Waals surface area contributed by atoms with E-state index in [1.165, 1.54) is 5.19 Å². The van der Waals surface area contributed by atoms with Crippen LogP contribution in [0.1, 0.15) is 25.0 Å². The van der Waals surface area contributed by atoms with Crippen LogP contribution in [0.3, 0.4) is 0 Å². The molecule has 9 atom stereocenters. The molecule has 1 amide bonds. The number of ether oxygens (including phenoxy) is 4. The van der Waals surface area contributed by atoms with Gasteiger partial charge in [-0.15, -0.1) is 0 Å². The van der Waals surface area contributed by atoms with Crippen molar-refractivity contribution in [2.75, 3.05) is 26.1 Å². The summed E-state index contributed by atoms with van der Waals surface area (Å²) in [5.74, 6) is 0.485. The summed E-state index contributed by atoms with van der Waals surface area (Å²) in [5.41, 5.74) is 1.15. The monoisotopic (exact) mass is 591 g/mol. The topological polar surface area (TPSA) is 167 Å². The summed E-state index contributed by atoms with van der Waals surface area (Å²) in [7, 11) is 1.07. The largest absolute Gasteiger partial charge is 0.497 e. The first-order chi connectivity index (χ1) is 19.4. The number of methoxy groups -OCH3 is 2. The van der Waals surface area contributed by atoms with Gasteiger partial charge in [-0.05, 0) is 42.3 Å². The van der Waals surface area contributed by atoms with Crippen molar-refractivity contribution < 1.29 is 49.3 Å². The summed E-state index contributed by atoms with van der Waals surface area (Å²) in [4.78, 5) is 12.9. The molecule has 1 saturated heterocycles. The minimum Gasteiger partial charge on any atom is -0.497 e. The Labute approximate surface area is 240 Å². The summed E-state index contributed by atoms with van der Waals surface area (Å²) in [5, 5.41) is 53.6. The van der Waals surface area contributed by atoms with Crippen LogP contribution >= 0.6 is 0 Å². The van der Waals surface area contributed by atoms with Crippen LogP contribution < -0.4 is 20.0 Å². The predicted molar refractivity (Wildman–Crippen MR) is 153 cm³/mol. The zero-order valence-corrected chi connectivity index (χ0v) is 24.9. The van der Waals surface area contributed by atoms with Gasteiger partial charge in [0, 0.05) is 30.9 Å². The molecule has 2 heterocycles. The number of benzene rings is 2. The first kappa shape index (κ1) is 31.4. The molecule has 12 heteroatoms. The van der Waals surface area contributed by atoms with E-state index in [0.717, 1.165) is 11.3 Å². The molecule has 2 aromatic carbocycles. The number of nitrogens with one attached hydrogen (secondary N) is 1. The fourth-order valence-electron chi connectivity index (χ4n) is 6.06. The highest BCUT2D eigenvalue weighted by Gasteiger charge is 2.48. The van der Waals surface area contributed by atoms with E-state index >= 15 is 0 Å². The Hall–Kier alpha value is -2.55. The van der Waals surface area contributed by atoms with Crippen molar-refractivity contribution in [3.05, 3.63) is 48.0 Å². The molecule has 0 spiro atoms. The van der Waals surface area contributed by atoms with Gasteiger partial charge in [-0.3, -0.25) is 4.79 Å². The van der Waals surface area contributed by atoms with Gasteiger partial charge < -0.3 is 49.8 Å². The highest BCUT2D eigenvalue weighted by molar-refractivity contribution is 6.91. The van der Waals surface area contributed by atoms with E-state index in [-0.39, 0.29) is 30.3 Å². The maximum absolute atomic E-state index is 12.9. The van der Waals surface area contributed by atoms with Crippen molar-refractivity contribution >= 4 is 24.9 Å². The lowest BCUT2D eigenvalue weighted by atomic mass is 9.86. The van der Waals surface area contributed by atoms with Crippen molar-refractivity contribution in [1.29, 1.82) is 0 Å². The second-order valence-corrected chi connectivity index (χ2v) is 16.1. The van der Waals surface area contributed by atoms with E-state index in [4.69, 9.17) is 18.9 Å². The molecule has 2 aliphatic rings. The van der Waals surface area contributed by atoms with Crippen LogP contribution in [-0.2, 0) is 14.3 Å². The van der Waals surface area contributed by atoms with Crippen LogP contribution in [0.15, 0.2) is 42.5 Å². The van der Waals surface area contributed by atoms with E-state index in [9.17, 15) is 30.3 Å². The Balaban J connectivity index is 1.59. The quantitative estimate of drug-likeness (QED) is 0.231. The van der Waals surface area contributed by atoms with Crippen LogP contribution in [0.4, 0.5) is 5.69 Å². The number of aliphatic hydroxyl groups is 5. The summed E-state index contributed by atoms with van der Waals surface area (Å²) < 4.78 is 23.0. The van der Waals surface area contributed by atoms with Crippen LogP contribution in [-0.4, -0.2) is 97.2 Å². The van der Waals surface area contributed by atoms with Crippen LogP contribution in [0.5, 0.6) is 11.5 Å². The number of carbonyl (C=O) groups is 1. The minimum atomic E-state index is -2.18. The molecule has 0 bridgehead atoms. The molecule has 6 N–H and O–H groups in total. The van der Waals surface area contributed by atoms with Gasteiger partial charge in [0.1, 0.15) is 35.9 Å². The molecule has 0 saturated carbocycles. The third kappa shape index (κ3) is 6.15. The lowest BCUT2D eigenvalue weighted by Crippen LogP contribution is -2.60. The molecule has 4 rings (SSSR count). The number of amides is 1. The molecular formula is C29H41NO10Si. The van der Waals surface area contributed by atoms with E-state index in [0.29, 0.717) is 17.9 Å². The Morgan fingerprint density at radius 2 is 1.71 bits per heavy atom. The van der Waals surface area contributed by atoms with Gasteiger partial charge in [-0.25, -0.2) is 0 Å². The molecular weight excluding hydrogens is 550 g/mol. The summed E-state index contributed by atoms with van der Waals surface area (Å²) in [6.45, 7) is 6.62. The molecule has 2 aliphatic heterocycles. The highest BCUT2D eigenvalue weighted by atomic mass is 28.3. The van der Waals surface area contributed by atoms with Crippen molar-refractivity contribution in [2.45, 2.75) is 74.9 Å². The number of hydrogen-bond donors (Lipinski definition) is 6. The molecule has 41 heavy (non-hydrogen) atoms. The van der Waals surface area contributed by atoms with Crippen LogP contribution in [0, 0.1) is 5.92 Å². The average Bonchev–Trinajstić information content (AvgIpc) is 2.96. The molecule has 1 fully saturated rings. The fraction of sp³-hybridized carbons (Fsp3) is 0.552. The van der Waals surface area contributed by atoms with Gasteiger partial charge in [-0.1, -0.05) is 37.3 Å². The third-order valence-corrected chi connectivity index (χ3v) is 12.8. The predicted octanol–water partition coefficient (Wildman–Crippen LogP) is 0.886. The van der Waals surface area contributed by atoms with Gasteiger partial charge in [0.05, 0.1) is 21.3 Å². The molecule has 0 radical (unpaired) electrons. The van der Waals surface area contributed by atoms with Crippen molar-refractivity contribution in [1.82, 2.24) is 0 Å². The van der Waals surface area contributed by atoms with Gasteiger partial charge in [-0.2, -0.15) is 0 Å². The number of carbonyl (C=O) groups excluding carboxylic acids is 1. The number of anilines is 1. The SMILES string of the molecule is COc1ccc([Si](C)(C)C(CCO)[C@H]2Oc3ccc(NC(=O)[C@H]4O[C@@H](O)[C@H](O)[C@@H](O)[C@@H]4O)cc3[C@@H](OC)[C@@H]2C)cc1. The fourth-order valence-corrected chi connectivity index (χ4v) is 9.55. The number of rotatable bonds is 9. The van der Waals surface area contributed by atoms with Gasteiger partial charge in [0.2, 0.25) is 0 Å². The first-order valence-corrected chi connectivity index (χ1v) is 16.8. The van der Waals surface area contributed by atoms with E-state index in [1.807, 2.05) is 12.1 Å². The zero-order valence-electron chi connectivity index (χ0n) is 23.9. The Bertz CT molecular complexity index is 1190. The van der Waals surface area contributed by atoms with Crippen LogP contribution in [0.25, 0.3) is 0 Å². The maximum atomic E-state index is 12.9. The van der Waals surface area contributed by atoms with Crippen molar-refractivity contribution in [3.63, 3.8) is 0 Å². The molecule has 0 aromatic heterocycles. The zero-order chi connectivity index (χ0) is 30.1. The maximum Gasteiger partial charge on any atom is 0.256 e. The normalized spacial score (nSPS) is 30.6. The smallest absolute Gasteiger partial charge is 0.256 e. The number of aliphatic hydroxyl groups excluding tert-OH is 5. The molecule has 2 aromatic rings. The van der Waals surface area contributed by atoms with Crippen molar-refractivity contribution in [2.24, 2.45) is 5.92 Å². The second kappa shape index (κ2) is 12.8. The molecule has 0 aliphatic carbocycles. The first-order valence-electron chi connectivity index (χ1n) is 13.7. The number of fused-ring (bicyclic) bond motifs is 1. The average molecular weight is 592 g/mol. The van der Waals surface area contributed by atoms with Gasteiger partial charge in [0.15, 0.2) is 12.4 Å². The second-order valence-electron chi connectivity index (χ2n) is 11.3. The number of hydrogen-bond acceptors (Lipinski definition) is 10. The molecule has 1 unspecified atom stereocenters. The third-order valence-electron chi connectivity index (χ3n) is 8.54. The van der Waals surface area contributed by atoms with Crippen LogP contribution in [0.2, 0.25) is 18.6 Å². The van der Waals surface area contributed by atoms with Gasteiger partial charge >= 0.3 is 0 Å². The Kier molecular flexibility index (Phi) is 9.76. The molecule has 11 nitrogen and oxygen atoms in total. The standard InChI is InChI=1S/C29H41NO10Si/c1-15-25(38-3)19-14-16(30-28(35)27-23(33)22(32)24(34)29(36)40-27)6-11-20(19)39-26(15)21(12-13-31)41(4,5)18-9-7-17(37-2)8-10-18/h6-11,14-15,21-27,29,31-34,36H,12-13H2,1-5H3,(H,30,35)/t15-,21?,22-,23-,24+,25-,26-,27-,29+/m0/s1. The van der Waals surface area contributed by atoms with Crippen molar-refractivity contribution in [3.8, 4) is 11.5 Å². The van der Waals surface area contributed by atoms with E-state index in [2.05, 4.69) is 37.5 Å². The summed E-state index contributed by atoms with van der Waals surface area (Å²) in [6, 6.07) is 13.2. The molecule has 226 valence electrons. The van der Waals surface area contributed by atoms with Gasteiger partial charge in [0.25, 0.3) is 5.91 Å². The highest BCUT2D eigenvalue weighted by Crippen LogP contribution is 2.47. The lowest BCUT2D eigenvalue weighted by Gasteiger charge is -2.45. The summed E-state index contributed by atoms with van der Waals surface area (Å²) in [6.07, 6.45) is -8.70. The Morgan fingerprint density at radius 3 is 2.32 bits per heavy atom. The van der Waals surface area contributed by atoms with E-state index in [1.54, 1.807) is 32.4 Å². The lowest BCUT2D eigenvalue weighted by molar-refractivity contribution is -0.274. The van der Waals surface area contributed by atoms with E-state index < -0.39 is 44.7 Å². The summed E-state index contributed by atoms with van der Waals surface area (Å²) >= 11 is 0. The minimum absolute atomic E-state index is 0.0226. The Morgan fingerprint density at radius 1 is 1.02 bits per heavy atom.